The Hall–Kier alpha value is -4.72. The van der Waals surface area contributed by atoms with E-state index in [9.17, 15) is 4.79 Å². The van der Waals surface area contributed by atoms with Gasteiger partial charge in [-0.3, -0.25) is 4.79 Å². The predicted octanol–water partition coefficient (Wildman–Crippen LogP) is 6.30. The molecule has 4 aromatic rings. The highest BCUT2D eigenvalue weighted by molar-refractivity contribution is 5.94. The van der Waals surface area contributed by atoms with Crippen LogP contribution in [0.25, 0.3) is 11.4 Å². The van der Waals surface area contributed by atoms with E-state index in [2.05, 4.69) is 69.6 Å². The molecule has 4 N–H and O–H groups in total. The summed E-state index contributed by atoms with van der Waals surface area (Å²) in [6.45, 7) is 11.9. The SMILES string of the molecule is CC=CN1CCc2ccc(Nc3nc(N)nc(-c4ccc(CNC(=O)c5ccc(C(C)(C)C)cc5)c(C)c4)n3)cc21. The van der Waals surface area contributed by atoms with Crippen molar-refractivity contribution in [1.82, 2.24) is 20.3 Å². The zero-order chi connectivity index (χ0) is 29.1. The highest BCUT2D eigenvalue weighted by Gasteiger charge is 2.18. The Morgan fingerprint density at radius 1 is 1.02 bits per heavy atom. The summed E-state index contributed by atoms with van der Waals surface area (Å²) in [6.07, 6.45) is 5.16. The van der Waals surface area contributed by atoms with Crippen molar-refractivity contribution in [3.8, 4) is 11.4 Å². The van der Waals surface area contributed by atoms with Crippen LogP contribution in [-0.4, -0.2) is 27.4 Å². The number of carbonyl (C=O) groups excluding carboxylic acids is 1. The molecule has 5 rings (SSSR count). The number of nitrogens with two attached hydrogens (primary N) is 1. The van der Waals surface area contributed by atoms with Crippen molar-refractivity contribution in [2.24, 2.45) is 0 Å². The molecule has 0 saturated heterocycles. The zero-order valence-corrected chi connectivity index (χ0v) is 24.3. The van der Waals surface area contributed by atoms with E-state index in [1.54, 1.807) is 0 Å². The summed E-state index contributed by atoms with van der Waals surface area (Å²) in [4.78, 5) is 28.3. The number of rotatable bonds is 7. The molecule has 8 nitrogen and oxygen atoms in total. The molecule has 0 bridgehead atoms. The van der Waals surface area contributed by atoms with Gasteiger partial charge in [-0.25, -0.2) is 0 Å². The van der Waals surface area contributed by atoms with Gasteiger partial charge in [0.25, 0.3) is 5.91 Å². The summed E-state index contributed by atoms with van der Waals surface area (Å²) >= 11 is 0. The highest BCUT2D eigenvalue weighted by atomic mass is 16.1. The second-order valence-corrected chi connectivity index (χ2v) is 11.4. The van der Waals surface area contributed by atoms with Gasteiger partial charge >= 0.3 is 0 Å². The Bertz CT molecular complexity index is 1600. The Labute approximate surface area is 241 Å². The molecule has 0 fully saturated rings. The Morgan fingerprint density at radius 2 is 1.80 bits per heavy atom. The normalized spacial score (nSPS) is 13.0. The smallest absolute Gasteiger partial charge is 0.251 e. The first-order chi connectivity index (χ1) is 19.6. The van der Waals surface area contributed by atoms with Crippen LogP contribution in [0.15, 0.2) is 72.9 Å². The lowest BCUT2D eigenvalue weighted by molar-refractivity contribution is 0.0951. The maximum absolute atomic E-state index is 12.8. The van der Waals surface area contributed by atoms with Gasteiger partial charge in [-0.1, -0.05) is 57.2 Å². The van der Waals surface area contributed by atoms with Crippen LogP contribution in [0.2, 0.25) is 0 Å². The van der Waals surface area contributed by atoms with Crippen LogP contribution in [0.3, 0.4) is 0 Å². The first kappa shape index (κ1) is 27.8. The molecule has 2 heterocycles. The molecule has 0 unspecified atom stereocenters. The molecule has 1 aliphatic heterocycles. The van der Waals surface area contributed by atoms with Crippen LogP contribution >= 0.6 is 0 Å². The number of nitrogens with zero attached hydrogens (tertiary/aromatic N) is 4. The maximum atomic E-state index is 12.8. The van der Waals surface area contributed by atoms with E-state index in [-0.39, 0.29) is 17.3 Å². The third kappa shape index (κ3) is 6.38. The lowest BCUT2D eigenvalue weighted by Gasteiger charge is -2.19. The fourth-order valence-electron chi connectivity index (χ4n) is 4.96. The number of nitrogen functional groups attached to an aromatic ring is 1. The van der Waals surface area contributed by atoms with Gasteiger partial charge < -0.3 is 21.3 Å². The minimum atomic E-state index is -0.102. The van der Waals surface area contributed by atoms with Gasteiger partial charge in [-0.2, -0.15) is 15.0 Å². The van der Waals surface area contributed by atoms with Gasteiger partial charge in [0.15, 0.2) is 5.82 Å². The molecule has 3 aromatic carbocycles. The number of amides is 1. The van der Waals surface area contributed by atoms with Gasteiger partial charge in [0, 0.05) is 35.6 Å². The molecule has 1 amide bonds. The largest absolute Gasteiger partial charge is 0.368 e. The second kappa shape index (κ2) is 11.4. The van der Waals surface area contributed by atoms with E-state index < -0.39 is 0 Å². The zero-order valence-electron chi connectivity index (χ0n) is 24.3. The Kier molecular flexibility index (Phi) is 7.75. The van der Waals surface area contributed by atoms with Crippen molar-refractivity contribution in [1.29, 1.82) is 0 Å². The van der Waals surface area contributed by atoms with E-state index in [0.717, 1.165) is 35.3 Å². The van der Waals surface area contributed by atoms with Gasteiger partial charge in [0.2, 0.25) is 11.9 Å². The number of aromatic nitrogens is 3. The third-order valence-corrected chi connectivity index (χ3v) is 7.31. The molecule has 0 radical (unpaired) electrons. The molecule has 0 aliphatic carbocycles. The Morgan fingerprint density at radius 3 is 2.51 bits per heavy atom. The minimum absolute atomic E-state index is 0.0451. The average Bonchev–Trinajstić information content (AvgIpc) is 3.33. The van der Waals surface area contributed by atoms with Crippen LogP contribution in [0.5, 0.6) is 0 Å². The second-order valence-electron chi connectivity index (χ2n) is 11.4. The number of anilines is 4. The molecule has 210 valence electrons. The number of aryl methyl sites for hydroxylation is 1. The molecule has 0 atom stereocenters. The van der Waals surface area contributed by atoms with Crippen LogP contribution < -0.4 is 21.3 Å². The highest BCUT2D eigenvalue weighted by Crippen LogP contribution is 2.32. The van der Waals surface area contributed by atoms with Crippen molar-refractivity contribution in [3.05, 3.63) is 101 Å². The quantitative estimate of drug-likeness (QED) is 0.249. The monoisotopic (exact) mass is 547 g/mol. The van der Waals surface area contributed by atoms with E-state index in [4.69, 9.17) is 5.73 Å². The van der Waals surface area contributed by atoms with E-state index in [1.165, 1.54) is 16.8 Å². The lowest BCUT2D eigenvalue weighted by atomic mass is 9.87. The van der Waals surface area contributed by atoms with E-state index in [0.29, 0.717) is 23.9 Å². The van der Waals surface area contributed by atoms with Gasteiger partial charge in [0.05, 0.1) is 0 Å². The molecular formula is C33H37N7O. The summed E-state index contributed by atoms with van der Waals surface area (Å²) in [5.74, 6) is 0.903. The minimum Gasteiger partial charge on any atom is -0.368 e. The van der Waals surface area contributed by atoms with E-state index >= 15 is 0 Å². The topological polar surface area (TPSA) is 109 Å². The lowest BCUT2D eigenvalue weighted by Crippen LogP contribution is -2.23. The third-order valence-electron chi connectivity index (χ3n) is 7.31. The first-order valence-electron chi connectivity index (χ1n) is 13.9. The van der Waals surface area contributed by atoms with Crippen molar-refractivity contribution >= 4 is 29.2 Å². The van der Waals surface area contributed by atoms with Crippen molar-refractivity contribution in [2.75, 3.05) is 22.5 Å². The van der Waals surface area contributed by atoms with Gasteiger partial charge in [0.1, 0.15) is 0 Å². The number of hydrogen-bond acceptors (Lipinski definition) is 7. The molecule has 0 saturated carbocycles. The summed E-state index contributed by atoms with van der Waals surface area (Å²) < 4.78 is 0. The van der Waals surface area contributed by atoms with E-state index in [1.807, 2.05) is 68.5 Å². The molecule has 41 heavy (non-hydrogen) atoms. The van der Waals surface area contributed by atoms with Crippen molar-refractivity contribution in [2.45, 2.75) is 53.0 Å². The standard InChI is InChI=1S/C33H37N7O/c1-6-16-40-17-15-22-11-14-27(19-28(22)40)36-32-38-29(37-31(34)39-32)24-7-8-25(21(2)18-24)20-35-30(41)23-9-12-26(13-10-23)33(3,4)5/h6-14,16,18-19H,15,17,20H2,1-5H3,(H,35,41)(H3,34,36,37,38,39). The number of fused-ring (bicyclic) bond motifs is 1. The summed E-state index contributed by atoms with van der Waals surface area (Å²) in [6, 6.07) is 20.0. The number of carbonyl (C=O) groups is 1. The van der Waals surface area contributed by atoms with Crippen LogP contribution in [-0.2, 0) is 18.4 Å². The predicted molar refractivity (Wildman–Crippen MR) is 166 cm³/mol. The van der Waals surface area contributed by atoms with Crippen molar-refractivity contribution < 1.29 is 4.79 Å². The van der Waals surface area contributed by atoms with Crippen LogP contribution in [0.4, 0.5) is 23.3 Å². The maximum Gasteiger partial charge on any atom is 0.251 e. The summed E-state index contributed by atoms with van der Waals surface area (Å²) in [5, 5.41) is 6.32. The molecular weight excluding hydrogens is 510 g/mol. The molecule has 8 heteroatoms. The van der Waals surface area contributed by atoms with Gasteiger partial charge in [-0.15, -0.1) is 0 Å². The molecule has 1 aliphatic rings. The average molecular weight is 548 g/mol. The molecule has 0 spiro atoms. The fourth-order valence-corrected chi connectivity index (χ4v) is 4.96. The van der Waals surface area contributed by atoms with Gasteiger partial charge in [-0.05, 0) is 84.5 Å². The Balaban J connectivity index is 1.28. The fraction of sp³-hybridized carbons (Fsp3) is 0.273. The first-order valence-corrected chi connectivity index (χ1v) is 13.9. The number of benzene rings is 3. The van der Waals surface area contributed by atoms with Crippen LogP contribution in [0.1, 0.15) is 60.3 Å². The van der Waals surface area contributed by atoms with Crippen LogP contribution in [0, 0.1) is 6.92 Å². The van der Waals surface area contributed by atoms with Crippen molar-refractivity contribution in [3.63, 3.8) is 0 Å². The summed E-state index contributed by atoms with van der Waals surface area (Å²) in [7, 11) is 0. The number of hydrogen-bond donors (Lipinski definition) is 3. The summed E-state index contributed by atoms with van der Waals surface area (Å²) in [5.41, 5.74) is 14.2. The number of allylic oxidation sites excluding steroid dienone is 1. The molecule has 1 aromatic heterocycles. The number of nitrogens with one attached hydrogen (secondary N) is 2.